The molecule has 0 aliphatic carbocycles. The molecule has 5 aromatic rings. The second-order valence-electron chi connectivity index (χ2n) is 8.91. The van der Waals surface area contributed by atoms with E-state index in [9.17, 15) is 9.59 Å². The lowest BCUT2D eigenvalue weighted by Gasteiger charge is -2.14. The Kier molecular flexibility index (Phi) is 4.85. The van der Waals surface area contributed by atoms with Crippen molar-refractivity contribution in [2.45, 2.75) is 32.7 Å². The fourth-order valence-electron chi connectivity index (χ4n) is 3.67. The number of anilines is 1. The van der Waals surface area contributed by atoms with Gasteiger partial charge in [-0.2, -0.15) is 5.10 Å². The van der Waals surface area contributed by atoms with Gasteiger partial charge in [0.25, 0.3) is 5.56 Å². The average molecular weight is 441 g/mol. The standard InChI is InChI=1S/C25H23N5O3/c1-25(2,3)19-13-20(30(28-19)16-9-5-4-6-10-16)27-21(31)14-29-15-26-22-17-11-7-8-12-18(17)33-23(22)24(29)32/h4-13,15H,14H2,1-3H3,(H,27,31). The van der Waals surface area contributed by atoms with Crippen LogP contribution >= 0.6 is 0 Å². The van der Waals surface area contributed by atoms with Crippen LogP contribution in [0.5, 0.6) is 0 Å². The van der Waals surface area contributed by atoms with E-state index in [4.69, 9.17) is 9.52 Å². The molecule has 8 nitrogen and oxygen atoms in total. The minimum absolute atomic E-state index is 0.135. The van der Waals surface area contributed by atoms with Crippen molar-refractivity contribution in [3.05, 3.63) is 83.0 Å². The summed E-state index contributed by atoms with van der Waals surface area (Å²) >= 11 is 0. The van der Waals surface area contributed by atoms with Crippen LogP contribution in [0.4, 0.5) is 5.82 Å². The molecular formula is C25H23N5O3. The van der Waals surface area contributed by atoms with Gasteiger partial charge in [0.15, 0.2) is 0 Å². The first kappa shape index (κ1) is 20.7. The maximum absolute atomic E-state index is 12.9. The molecule has 8 heteroatoms. The highest BCUT2D eigenvalue weighted by molar-refractivity contribution is 6.01. The van der Waals surface area contributed by atoms with Crippen LogP contribution in [0.1, 0.15) is 26.5 Å². The van der Waals surface area contributed by atoms with E-state index in [1.807, 2.05) is 54.6 Å². The number of furan rings is 1. The molecule has 33 heavy (non-hydrogen) atoms. The topological polar surface area (TPSA) is 95.0 Å². The molecule has 0 aliphatic rings. The molecule has 0 bridgehead atoms. The second kappa shape index (κ2) is 7.74. The number of aromatic nitrogens is 4. The van der Waals surface area contributed by atoms with Crippen LogP contribution in [-0.2, 0) is 16.8 Å². The number of carbonyl (C=O) groups is 1. The van der Waals surface area contributed by atoms with Gasteiger partial charge in [0.05, 0.1) is 17.7 Å². The molecule has 0 aliphatic heterocycles. The number of nitrogens with zero attached hydrogens (tertiary/aromatic N) is 4. The van der Waals surface area contributed by atoms with E-state index in [-0.39, 0.29) is 23.4 Å². The van der Waals surface area contributed by atoms with Crippen molar-refractivity contribution >= 4 is 33.8 Å². The number of nitrogens with one attached hydrogen (secondary N) is 1. The first-order valence-electron chi connectivity index (χ1n) is 10.6. The SMILES string of the molecule is CC(C)(C)c1cc(NC(=O)Cn2cnc3c(oc4ccccc43)c2=O)n(-c2ccccc2)n1. The van der Waals surface area contributed by atoms with Crippen LogP contribution < -0.4 is 10.9 Å². The molecular weight excluding hydrogens is 418 g/mol. The number of amides is 1. The van der Waals surface area contributed by atoms with Crippen molar-refractivity contribution in [2.75, 3.05) is 5.32 Å². The highest BCUT2D eigenvalue weighted by atomic mass is 16.3. The summed E-state index contributed by atoms with van der Waals surface area (Å²) in [6.07, 6.45) is 1.38. The van der Waals surface area contributed by atoms with Gasteiger partial charge in [0.2, 0.25) is 11.5 Å². The summed E-state index contributed by atoms with van der Waals surface area (Å²) in [5, 5.41) is 8.36. The first-order valence-corrected chi connectivity index (χ1v) is 10.6. The molecule has 0 saturated heterocycles. The summed E-state index contributed by atoms with van der Waals surface area (Å²) in [5.41, 5.74) is 2.27. The average Bonchev–Trinajstić information content (AvgIpc) is 3.38. The van der Waals surface area contributed by atoms with Gasteiger partial charge in [-0.1, -0.05) is 51.1 Å². The van der Waals surface area contributed by atoms with Gasteiger partial charge in [0, 0.05) is 16.9 Å². The van der Waals surface area contributed by atoms with Crippen molar-refractivity contribution in [2.24, 2.45) is 0 Å². The summed E-state index contributed by atoms with van der Waals surface area (Å²) in [4.78, 5) is 30.2. The Bertz CT molecular complexity index is 1540. The Labute approximate surface area is 189 Å². The lowest BCUT2D eigenvalue weighted by Crippen LogP contribution is -2.28. The van der Waals surface area contributed by atoms with Crippen molar-refractivity contribution in [1.82, 2.24) is 19.3 Å². The quantitative estimate of drug-likeness (QED) is 0.450. The van der Waals surface area contributed by atoms with Crippen LogP contribution in [-0.4, -0.2) is 25.2 Å². The molecule has 5 rings (SSSR count). The van der Waals surface area contributed by atoms with E-state index in [0.717, 1.165) is 16.8 Å². The highest BCUT2D eigenvalue weighted by Gasteiger charge is 2.22. The first-order chi connectivity index (χ1) is 15.8. The molecule has 1 amide bonds. The second-order valence-corrected chi connectivity index (χ2v) is 8.91. The Balaban J connectivity index is 1.46. The van der Waals surface area contributed by atoms with Crippen LogP contribution in [0.2, 0.25) is 0 Å². The fraction of sp³-hybridized carbons (Fsp3) is 0.200. The summed E-state index contributed by atoms with van der Waals surface area (Å²) in [6.45, 7) is 5.97. The number of carbonyl (C=O) groups excluding carboxylic acids is 1. The van der Waals surface area contributed by atoms with Gasteiger partial charge in [-0.05, 0) is 24.3 Å². The maximum Gasteiger partial charge on any atom is 0.297 e. The molecule has 1 N–H and O–H groups in total. The van der Waals surface area contributed by atoms with Gasteiger partial charge < -0.3 is 9.73 Å². The third-order valence-electron chi connectivity index (χ3n) is 5.41. The predicted molar refractivity (Wildman–Crippen MR) is 127 cm³/mol. The van der Waals surface area contributed by atoms with Crippen LogP contribution in [0, 0.1) is 0 Å². The van der Waals surface area contributed by atoms with Gasteiger partial charge in [0.1, 0.15) is 23.5 Å². The normalized spacial score (nSPS) is 11.8. The summed E-state index contributed by atoms with van der Waals surface area (Å²) in [5.74, 6) is 0.161. The predicted octanol–water partition coefficient (Wildman–Crippen LogP) is 4.26. The van der Waals surface area contributed by atoms with E-state index >= 15 is 0 Å². The van der Waals surface area contributed by atoms with Crippen molar-refractivity contribution in [3.8, 4) is 5.69 Å². The zero-order valence-electron chi connectivity index (χ0n) is 18.6. The molecule has 0 spiro atoms. The van der Waals surface area contributed by atoms with Crippen molar-refractivity contribution in [3.63, 3.8) is 0 Å². The molecule has 3 heterocycles. The third kappa shape index (κ3) is 3.80. The zero-order valence-corrected chi connectivity index (χ0v) is 18.6. The number of benzene rings is 2. The van der Waals surface area contributed by atoms with E-state index in [1.54, 1.807) is 10.7 Å². The molecule has 0 radical (unpaired) electrons. The Morgan fingerprint density at radius 3 is 2.55 bits per heavy atom. The molecule has 166 valence electrons. The van der Waals surface area contributed by atoms with Gasteiger partial charge >= 0.3 is 0 Å². The van der Waals surface area contributed by atoms with Gasteiger partial charge in [-0.3, -0.25) is 14.2 Å². The van der Waals surface area contributed by atoms with Crippen LogP contribution in [0.25, 0.3) is 27.8 Å². The lowest BCUT2D eigenvalue weighted by molar-refractivity contribution is -0.116. The third-order valence-corrected chi connectivity index (χ3v) is 5.41. The number of hydrogen-bond acceptors (Lipinski definition) is 5. The monoisotopic (exact) mass is 441 g/mol. The number of rotatable bonds is 4. The molecule has 0 fully saturated rings. The summed E-state index contributed by atoms with van der Waals surface area (Å²) in [6, 6.07) is 18.8. The molecule has 2 aromatic carbocycles. The Hall–Kier alpha value is -4.20. The molecule has 0 unspecified atom stereocenters. The summed E-state index contributed by atoms with van der Waals surface area (Å²) in [7, 11) is 0. The molecule has 0 saturated carbocycles. The fourth-order valence-corrected chi connectivity index (χ4v) is 3.67. The van der Waals surface area contributed by atoms with E-state index < -0.39 is 5.56 Å². The Morgan fingerprint density at radius 2 is 1.79 bits per heavy atom. The van der Waals surface area contributed by atoms with Crippen molar-refractivity contribution < 1.29 is 9.21 Å². The minimum atomic E-state index is -0.404. The smallest absolute Gasteiger partial charge is 0.297 e. The minimum Gasteiger partial charge on any atom is -0.448 e. The summed E-state index contributed by atoms with van der Waals surface area (Å²) < 4.78 is 8.64. The van der Waals surface area contributed by atoms with E-state index in [0.29, 0.717) is 16.9 Å². The maximum atomic E-state index is 12.9. The largest absolute Gasteiger partial charge is 0.448 e. The molecule has 0 atom stereocenters. The van der Waals surface area contributed by atoms with Gasteiger partial charge in [-0.15, -0.1) is 0 Å². The Morgan fingerprint density at radius 1 is 1.06 bits per heavy atom. The van der Waals surface area contributed by atoms with Gasteiger partial charge in [-0.25, -0.2) is 9.67 Å². The highest BCUT2D eigenvalue weighted by Crippen LogP contribution is 2.27. The lowest BCUT2D eigenvalue weighted by atomic mass is 9.92. The zero-order chi connectivity index (χ0) is 23.2. The van der Waals surface area contributed by atoms with Crippen LogP contribution in [0.3, 0.4) is 0 Å². The number of hydrogen-bond donors (Lipinski definition) is 1. The van der Waals surface area contributed by atoms with Crippen molar-refractivity contribution in [1.29, 1.82) is 0 Å². The molecule has 3 aromatic heterocycles. The van der Waals surface area contributed by atoms with Crippen LogP contribution in [0.15, 0.2) is 76.2 Å². The number of fused-ring (bicyclic) bond motifs is 3. The van der Waals surface area contributed by atoms with E-state index in [1.165, 1.54) is 10.9 Å². The number of para-hydroxylation sites is 2. The van der Waals surface area contributed by atoms with E-state index in [2.05, 4.69) is 31.1 Å².